The highest BCUT2D eigenvalue weighted by Crippen LogP contribution is 2.28. The van der Waals surface area contributed by atoms with Crippen molar-refractivity contribution in [2.45, 2.75) is 19.4 Å². The molecule has 4 rings (SSSR count). The lowest BCUT2D eigenvalue weighted by Crippen LogP contribution is -2.21. The number of aromatic nitrogens is 5. The lowest BCUT2D eigenvalue weighted by molar-refractivity contribution is 0.342. The Morgan fingerprint density at radius 3 is 3.05 bits per heavy atom. The van der Waals surface area contributed by atoms with Crippen LogP contribution in [0, 0.1) is 0 Å². The first-order valence-electron chi connectivity index (χ1n) is 7.40. The molecule has 0 aromatic carbocycles. The van der Waals surface area contributed by atoms with E-state index in [0.29, 0.717) is 6.04 Å². The number of imidazole rings is 1. The van der Waals surface area contributed by atoms with Crippen LogP contribution in [0.3, 0.4) is 0 Å². The van der Waals surface area contributed by atoms with Crippen molar-refractivity contribution in [1.29, 1.82) is 0 Å². The van der Waals surface area contributed by atoms with Gasteiger partial charge in [-0.3, -0.25) is 0 Å². The van der Waals surface area contributed by atoms with Gasteiger partial charge in [-0.15, -0.1) is 0 Å². The molecule has 1 aliphatic heterocycles. The average molecular weight is 282 g/mol. The van der Waals surface area contributed by atoms with Crippen molar-refractivity contribution < 1.29 is 0 Å². The van der Waals surface area contributed by atoms with Crippen LogP contribution in [0.2, 0.25) is 0 Å². The van der Waals surface area contributed by atoms with Gasteiger partial charge in [0.25, 0.3) is 0 Å². The molecule has 1 aliphatic rings. The summed E-state index contributed by atoms with van der Waals surface area (Å²) in [7, 11) is 0. The Morgan fingerprint density at radius 2 is 2.19 bits per heavy atom. The number of hydrogen-bond acceptors (Lipinski definition) is 4. The summed E-state index contributed by atoms with van der Waals surface area (Å²) in [6.45, 7) is 5.57. The zero-order chi connectivity index (χ0) is 14.2. The predicted molar refractivity (Wildman–Crippen MR) is 80.0 cm³/mol. The van der Waals surface area contributed by atoms with E-state index < -0.39 is 0 Å². The van der Waals surface area contributed by atoms with Crippen molar-refractivity contribution in [1.82, 2.24) is 29.0 Å². The molecular formula is C15H18N6. The summed E-state index contributed by atoms with van der Waals surface area (Å²) in [4.78, 5) is 11.5. The SMILES string of the molecule is CCN1CCC(n2ccnc2-c2cnn3cccnc23)C1. The van der Waals surface area contributed by atoms with E-state index >= 15 is 0 Å². The summed E-state index contributed by atoms with van der Waals surface area (Å²) in [5, 5.41) is 4.36. The Bertz CT molecular complexity index is 758. The summed E-state index contributed by atoms with van der Waals surface area (Å²) in [6.07, 6.45) is 10.7. The second-order valence-corrected chi connectivity index (χ2v) is 5.44. The molecule has 0 saturated carbocycles. The molecule has 108 valence electrons. The van der Waals surface area contributed by atoms with Crippen molar-refractivity contribution in [3.63, 3.8) is 0 Å². The average Bonchev–Trinajstić information content (AvgIpc) is 3.24. The van der Waals surface area contributed by atoms with Crippen LogP contribution < -0.4 is 0 Å². The maximum atomic E-state index is 4.56. The highest BCUT2D eigenvalue weighted by atomic mass is 15.3. The summed E-state index contributed by atoms with van der Waals surface area (Å²) in [5.41, 5.74) is 1.85. The fourth-order valence-corrected chi connectivity index (χ4v) is 3.13. The van der Waals surface area contributed by atoms with Crippen LogP contribution in [0.15, 0.2) is 37.1 Å². The van der Waals surface area contributed by atoms with Gasteiger partial charge in [-0.1, -0.05) is 6.92 Å². The molecule has 1 saturated heterocycles. The van der Waals surface area contributed by atoms with Crippen LogP contribution in [0.5, 0.6) is 0 Å². The first-order valence-corrected chi connectivity index (χ1v) is 7.40. The van der Waals surface area contributed by atoms with Crippen molar-refractivity contribution in [3.05, 3.63) is 37.1 Å². The van der Waals surface area contributed by atoms with Crippen LogP contribution >= 0.6 is 0 Å². The van der Waals surface area contributed by atoms with Crippen molar-refractivity contribution in [2.75, 3.05) is 19.6 Å². The number of nitrogens with zero attached hydrogens (tertiary/aromatic N) is 6. The number of rotatable bonds is 3. The van der Waals surface area contributed by atoms with E-state index in [4.69, 9.17) is 0 Å². The predicted octanol–water partition coefficient (Wildman–Crippen LogP) is 1.86. The zero-order valence-corrected chi connectivity index (χ0v) is 12.1. The van der Waals surface area contributed by atoms with E-state index in [1.807, 2.05) is 24.7 Å². The number of likely N-dealkylation sites (N-methyl/N-ethyl adjacent to an activating group) is 1. The first kappa shape index (κ1) is 12.5. The molecule has 1 atom stereocenters. The third-order valence-electron chi connectivity index (χ3n) is 4.28. The molecule has 0 spiro atoms. The van der Waals surface area contributed by atoms with Gasteiger partial charge < -0.3 is 9.47 Å². The normalized spacial score (nSPS) is 19.6. The number of likely N-dealkylation sites (tertiary alicyclic amines) is 1. The minimum atomic E-state index is 0.487. The standard InChI is InChI=1S/C15H18N6/c1-2-19-8-4-12(11-19)20-9-6-17-14(20)13-10-18-21-7-3-5-16-15(13)21/h3,5-7,9-10,12H,2,4,8,11H2,1H3. The van der Waals surface area contributed by atoms with Gasteiger partial charge in [0.2, 0.25) is 0 Å². The monoisotopic (exact) mass is 282 g/mol. The minimum absolute atomic E-state index is 0.487. The van der Waals surface area contributed by atoms with Gasteiger partial charge in [0.1, 0.15) is 5.82 Å². The van der Waals surface area contributed by atoms with Gasteiger partial charge >= 0.3 is 0 Å². The molecule has 1 fully saturated rings. The van der Waals surface area contributed by atoms with E-state index in [1.165, 1.54) is 6.42 Å². The molecule has 3 aromatic rings. The van der Waals surface area contributed by atoms with Gasteiger partial charge in [-0.25, -0.2) is 14.5 Å². The summed E-state index contributed by atoms with van der Waals surface area (Å²) in [6, 6.07) is 2.37. The molecule has 0 radical (unpaired) electrons. The van der Waals surface area contributed by atoms with Gasteiger partial charge in [0, 0.05) is 43.9 Å². The quantitative estimate of drug-likeness (QED) is 0.736. The Hall–Kier alpha value is -2.21. The molecule has 21 heavy (non-hydrogen) atoms. The third kappa shape index (κ3) is 2.03. The van der Waals surface area contributed by atoms with E-state index in [2.05, 4.69) is 37.7 Å². The fraction of sp³-hybridized carbons (Fsp3) is 0.400. The lowest BCUT2D eigenvalue weighted by atomic mass is 10.2. The van der Waals surface area contributed by atoms with Crippen LogP contribution in [0.1, 0.15) is 19.4 Å². The first-order chi connectivity index (χ1) is 10.4. The van der Waals surface area contributed by atoms with E-state index in [9.17, 15) is 0 Å². The lowest BCUT2D eigenvalue weighted by Gasteiger charge is -2.16. The number of fused-ring (bicyclic) bond motifs is 1. The van der Waals surface area contributed by atoms with E-state index in [1.54, 1.807) is 10.7 Å². The highest BCUT2D eigenvalue weighted by molar-refractivity contribution is 5.72. The molecular weight excluding hydrogens is 264 g/mol. The second kappa shape index (κ2) is 4.96. The van der Waals surface area contributed by atoms with E-state index in [0.717, 1.165) is 36.7 Å². The molecule has 4 heterocycles. The van der Waals surface area contributed by atoms with Crippen molar-refractivity contribution in [2.24, 2.45) is 0 Å². The van der Waals surface area contributed by atoms with Crippen LogP contribution in [-0.4, -0.2) is 48.7 Å². The molecule has 3 aromatic heterocycles. The van der Waals surface area contributed by atoms with Gasteiger partial charge in [0.15, 0.2) is 5.65 Å². The Kier molecular flexibility index (Phi) is 2.96. The Labute approximate surface area is 123 Å². The van der Waals surface area contributed by atoms with Crippen molar-refractivity contribution in [3.8, 4) is 11.4 Å². The summed E-state index contributed by atoms with van der Waals surface area (Å²) >= 11 is 0. The molecule has 0 N–H and O–H groups in total. The van der Waals surface area contributed by atoms with Crippen LogP contribution in [0.25, 0.3) is 17.0 Å². The second-order valence-electron chi connectivity index (χ2n) is 5.44. The Balaban J connectivity index is 1.75. The maximum absolute atomic E-state index is 4.56. The molecule has 0 aliphatic carbocycles. The van der Waals surface area contributed by atoms with E-state index in [-0.39, 0.29) is 0 Å². The Morgan fingerprint density at radius 1 is 1.24 bits per heavy atom. The molecule has 6 nitrogen and oxygen atoms in total. The zero-order valence-electron chi connectivity index (χ0n) is 12.1. The third-order valence-corrected chi connectivity index (χ3v) is 4.28. The maximum Gasteiger partial charge on any atom is 0.165 e. The van der Waals surface area contributed by atoms with Gasteiger partial charge in [-0.05, 0) is 19.0 Å². The van der Waals surface area contributed by atoms with Crippen LogP contribution in [0.4, 0.5) is 0 Å². The minimum Gasteiger partial charge on any atom is -0.326 e. The van der Waals surface area contributed by atoms with Gasteiger partial charge in [0.05, 0.1) is 11.8 Å². The molecule has 6 heteroatoms. The largest absolute Gasteiger partial charge is 0.326 e. The topological polar surface area (TPSA) is 51.2 Å². The fourth-order valence-electron chi connectivity index (χ4n) is 3.13. The summed E-state index contributed by atoms with van der Waals surface area (Å²) < 4.78 is 4.07. The molecule has 1 unspecified atom stereocenters. The molecule has 0 amide bonds. The number of hydrogen-bond donors (Lipinski definition) is 0. The van der Waals surface area contributed by atoms with Gasteiger partial charge in [-0.2, -0.15) is 5.10 Å². The summed E-state index contributed by atoms with van der Waals surface area (Å²) in [5.74, 6) is 0.964. The van der Waals surface area contributed by atoms with Crippen LogP contribution in [-0.2, 0) is 0 Å². The van der Waals surface area contributed by atoms with Crippen molar-refractivity contribution >= 4 is 5.65 Å². The smallest absolute Gasteiger partial charge is 0.165 e. The highest BCUT2D eigenvalue weighted by Gasteiger charge is 2.25. The molecule has 0 bridgehead atoms.